The van der Waals surface area contributed by atoms with Crippen molar-refractivity contribution in [1.82, 2.24) is 4.98 Å². The van der Waals surface area contributed by atoms with Crippen LogP contribution in [0.25, 0.3) is 0 Å². The monoisotopic (exact) mass is 219 g/mol. The van der Waals surface area contributed by atoms with Gasteiger partial charge in [0.1, 0.15) is 12.4 Å². The number of nitrogens with zero attached hydrogens (tertiary/aromatic N) is 1. The molecule has 0 atom stereocenters. The zero-order valence-electron chi connectivity index (χ0n) is 8.43. The van der Waals surface area contributed by atoms with Crippen molar-refractivity contribution in [1.29, 1.82) is 0 Å². The molecule has 0 saturated heterocycles. The summed E-state index contributed by atoms with van der Waals surface area (Å²) in [6.45, 7) is 0.263. The Morgan fingerprint density at radius 1 is 1.31 bits per heavy atom. The van der Waals surface area contributed by atoms with Crippen LogP contribution in [0.2, 0.25) is 0 Å². The van der Waals surface area contributed by atoms with E-state index in [2.05, 4.69) is 4.98 Å². The quantitative estimate of drug-likeness (QED) is 0.862. The predicted molar refractivity (Wildman–Crippen MR) is 56.6 cm³/mol. The van der Waals surface area contributed by atoms with Gasteiger partial charge in [-0.05, 0) is 29.8 Å². The molecule has 16 heavy (non-hydrogen) atoms. The largest absolute Gasteiger partial charge is 0.505 e. The molecule has 2 aromatic rings. The smallest absolute Gasteiger partial charge is 0.164 e. The van der Waals surface area contributed by atoms with Crippen LogP contribution >= 0.6 is 0 Å². The summed E-state index contributed by atoms with van der Waals surface area (Å²) in [4.78, 5) is 3.89. The van der Waals surface area contributed by atoms with E-state index in [1.807, 2.05) is 0 Å². The van der Waals surface area contributed by atoms with Crippen molar-refractivity contribution in [2.75, 3.05) is 0 Å². The van der Waals surface area contributed by atoms with Gasteiger partial charge in [-0.2, -0.15) is 0 Å². The van der Waals surface area contributed by atoms with E-state index in [0.717, 1.165) is 0 Å². The van der Waals surface area contributed by atoms with Crippen LogP contribution in [-0.2, 0) is 6.61 Å². The van der Waals surface area contributed by atoms with E-state index >= 15 is 0 Å². The number of benzene rings is 1. The molecule has 0 aliphatic heterocycles. The third kappa shape index (κ3) is 2.48. The standard InChI is InChI=1S/C12H10FNO2/c13-11-4-3-9(6-12(11)15)8-16-10-2-1-5-14-7-10/h1-7,15H,8H2. The lowest BCUT2D eigenvalue weighted by atomic mass is 10.2. The summed E-state index contributed by atoms with van der Waals surface area (Å²) in [5, 5.41) is 9.15. The first-order valence-corrected chi connectivity index (χ1v) is 4.76. The highest BCUT2D eigenvalue weighted by molar-refractivity contribution is 5.29. The van der Waals surface area contributed by atoms with Gasteiger partial charge >= 0.3 is 0 Å². The average Bonchev–Trinajstić information content (AvgIpc) is 2.32. The first-order chi connectivity index (χ1) is 7.75. The van der Waals surface area contributed by atoms with Crippen molar-refractivity contribution in [3.05, 3.63) is 54.1 Å². The van der Waals surface area contributed by atoms with Crippen molar-refractivity contribution in [3.63, 3.8) is 0 Å². The predicted octanol–water partition coefficient (Wildman–Crippen LogP) is 2.51. The summed E-state index contributed by atoms with van der Waals surface area (Å²) in [5.41, 5.74) is 0.697. The number of phenolic OH excluding ortho intramolecular Hbond substituents is 1. The maximum Gasteiger partial charge on any atom is 0.164 e. The fourth-order valence-corrected chi connectivity index (χ4v) is 1.25. The maximum absolute atomic E-state index is 12.8. The van der Waals surface area contributed by atoms with Crippen LogP contribution in [0, 0.1) is 5.82 Å². The number of aromatic nitrogens is 1. The van der Waals surface area contributed by atoms with E-state index in [-0.39, 0.29) is 12.4 Å². The lowest BCUT2D eigenvalue weighted by Gasteiger charge is -2.06. The van der Waals surface area contributed by atoms with Crippen LogP contribution in [-0.4, -0.2) is 10.1 Å². The minimum atomic E-state index is -0.634. The molecule has 1 aromatic carbocycles. The van der Waals surface area contributed by atoms with Gasteiger partial charge in [-0.15, -0.1) is 0 Å². The highest BCUT2D eigenvalue weighted by atomic mass is 19.1. The van der Waals surface area contributed by atoms with Gasteiger partial charge in [-0.25, -0.2) is 4.39 Å². The molecule has 3 nitrogen and oxygen atoms in total. The summed E-state index contributed by atoms with van der Waals surface area (Å²) in [5.74, 6) is -0.372. The molecule has 0 saturated carbocycles. The molecule has 0 bridgehead atoms. The number of hydrogen-bond acceptors (Lipinski definition) is 3. The number of rotatable bonds is 3. The zero-order valence-corrected chi connectivity index (χ0v) is 8.43. The fraction of sp³-hybridized carbons (Fsp3) is 0.0833. The maximum atomic E-state index is 12.8. The highest BCUT2D eigenvalue weighted by Crippen LogP contribution is 2.18. The first kappa shape index (κ1) is 10.4. The number of ether oxygens (including phenoxy) is 1. The second-order valence-corrected chi connectivity index (χ2v) is 3.26. The summed E-state index contributed by atoms with van der Waals surface area (Å²) in [6.07, 6.45) is 3.24. The van der Waals surface area contributed by atoms with Gasteiger partial charge in [0, 0.05) is 6.20 Å². The fourth-order valence-electron chi connectivity index (χ4n) is 1.25. The van der Waals surface area contributed by atoms with Gasteiger partial charge in [0.15, 0.2) is 11.6 Å². The summed E-state index contributed by atoms with van der Waals surface area (Å²) in [7, 11) is 0. The molecule has 0 aliphatic carbocycles. The van der Waals surface area contributed by atoms with Crippen LogP contribution < -0.4 is 4.74 Å². The van der Waals surface area contributed by atoms with Crippen molar-refractivity contribution < 1.29 is 14.2 Å². The van der Waals surface area contributed by atoms with E-state index in [9.17, 15) is 4.39 Å². The van der Waals surface area contributed by atoms with Crippen LogP contribution in [0.4, 0.5) is 4.39 Å². The highest BCUT2D eigenvalue weighted by Gasteiger charge is 2.02. The van der Waals surface area contributed by atoms with Crippen molar-refractivity contribution in [2.45, 2.75) is 6.61 Å². The minimum Gasteiger partial charge on any atom is -0.505 e. The van der Waals surface area contributed by atoms with Gasteiger partial charge in [0.25, 0.3) is 0 Å². The lowest BCUT2D eigenvalue weighted by molar-refractivity contribution is 0.303. The van der Waals surface area contributed by atoms with Gasteiger partial charge in [-0.3, -0.25) is 4.98 Å². The third-order valence-corrected chi connectivity index (χ3v) is 2.05. The SMILES string of the molecule is Oc1cc(COc2cccnc2)ccc1F. The van der Waals surface area contributed by atoms with Crippen LogP contribution in [0.1, 0.15) is 5.56 Å². The van der Waals surface area contributed by atoms with Crippen molar-refractivity contribution >= 4 is 0 Å². The zero-order chi connectivity index (χ0) is 11.4. The van der Waals surface area contributed by atoms with E-state index in [1.165, 1.54) is 12.1 Å². The minimum absolute atomic E-state index is 0.263. The Morgan fingerprint density at radius 3 is 2.88 bits per heavy atom. The molecule has 0 unspecified atom stereocenters. The molecule has 0 amide bonds. The Kier molecular flexibility index (Phi) is 3.00. The molecule has 0 spiro atoms. The van der Waals surface area contributed by atoms with E-state index in [0.29, 0.717) is 11.3 Å². The number of aromatic hydroxyl groups is 1. The lowest BCUT2D eigenvalue weighted by Crippen LogP contribution is -1.95. The average molecular weight is 219 g/mol. The molecule has 0 fully saturated rings. The summed E-state index contributed by atoms with van der Waals surface area (Å²) >= 11 is 0. The molecule has 4 heteroatoms. The second kappa shape index (κ2) is 4.61. The molecule has 0 aliphatic rings. The number of phenols is 1. The Balaban J connectivity index is 2.03. The first-order valence-electron chi connectivity index (χ1n) is 4.76. The molecule has 1 heterocycles. The van der Waals surface area contributed by atoms with Crippen LogP contribution in [0.3, 0.4) is 0 Å². The topological polar surface area (TPSA) is 42.4 Å². The van der Waals surface area contributed by atoms with Gasteiger partial charge in [-0.1, -0.05) is 6.07 Å². The summed E-state index contributed by atoms with van der Waals surface area (Å²) < 4.78 is 18.2. The Labute approximate surface area is 92.1 Å². The van der Waals surface area contributed by atoms with Crippen molar-refractivity contribution in [3.8, 4) is 11.5 Å². The van der Waals surface area contributed by atoms with Crippen molar-refractivity contribution in [2.24, 2.45) is 0 Å². The number of halogens is 1. The Hall–Kier alpha value is -2.10. The van der Waals surface area contributed by atoms with Gasteiger partial charge < -0.3 is 9.84 Å². The Bertz CT molecular complexity index is 474. The molecule has 82 valence electrons. The molecule has 1 aromatic heterocycles. The van der Waals surface area contributed by atoms with Crippen LogP contribution in [0.15, 0.2) is 42.7 Å². The number of pyridine rings is 1. The number of hydrogen-bond donors (Lipinski definition) is 1. The summed E-state index contributed by atoms with van der Waals surface area (Å²) in [6, 6.07) is 7.64. The third-order valence-electron chi connectivity index (χ3n) is 2.05. The van der Waals surface area contributed by atoms with E-state index in [4.69, 9.17) is 9.84 Å². The van der Waals surface area contributed by atoms with Gasteiger partial charge in [0.05, 0.1) is 6.20 Å². The van der Waals surface area contributed by atoms with Gasteiger partial charge in [0.2, 0.25) is 0 Å². The molecular formula is C12H10FNO2. The molecule has 0 radical (unpaired) electrons. The van der Waals surface area contributed by atoms with E-state index in [1.54, 1.807) is 30.6 Å². The van der Waals surface area contributed by atoms with E-state index < -0.39 is 5.82 Å². The molecule has 2 rings (SSSR count). The second-order valence-electron chi connectivity index (χ2n) is 3.26. The Morgan fingerprint density at radius 2 is 2.19 bits per heavy atom. The van der Waals surface area contributed by atoms with Crippen LogP contribution in [0.5, 0.6) is 11.5 Å². The molecular weight excluding hydrogens is 209 g/mol. The normalized spacial score (nSPS) is 10.1. The molecule has 1 N–H and O–H groups in total.